The molecular weight excluding hydrogens is 184 g/mol. The Balaban J connectivity index is 3.17. The summed E-state index contributed by atoms with van der Waals surface area (Å²) in [6.07, 6.45) is 0. The highest BCUT2D eigenvalue weighted by molar-refractivity contribution is 6.40. The Kier molecular flexibility index (Phi) is 2.05. The van der Waals surface area contributed by atoms with Crippen LogP contribution in [0.4, 0.5) is 0 Å². The van der Waals surface area contributed by atoms with Crippen LogP contribution in [-0.4, -0.2) is 15.2 Å². The number of nitrogens with zero attached hydrogens (tertiary/aromatic N) is 3. The molecule has 0 spiro atoms. The number of halogens is 3. The van der Waals surface area contributed by atoms with Gasteiger partial charge in [-0.05, 0) is 11.6 Å². The van der Waals surface area contributed by atoms with E-state index < -0.39 is 0 Å². The van der Waals surface area contributed by atoms with Gasteiger partial charge in [-0.1, -0.05) is 23.2 Å². The van der Waals surface area contributed by atoms with Gasteiger partial charge < -0.3 is 0 Å². The van der Waals surface area contributed by atoms with Gasteiger partial charge in [0.05, 0.1) is 0 Å². The van der Waals surface area contributed by atoms with Crippen molar-refractivity contribution in [1.82, 2.24) is 15.2 Å². The lowest BCUT2D eigenvalue weighted by Gasteiger charge is -1.89. The highest BCUT2D eigenvalue weighted by Gasteiger charge is 2.00. The standard InChI is InChI=1S/C3Cl3N3/c4-1-2(5)8-9-3(6)7-1. The van der Waals surface area contributed by atoms with E-state index in [1.165, 1.54) is 0 Å². The summed E-state index contributed by atoms with van der Waals surface area (Å²) in [6, 6.07) is 0. The van der Waals surface area contributed by atoms with Crippen LogP contribution in [0.5, 0.6) is 0 Å². The highest BCUT2D eigenvalue weighted by Crippen LogP contribution is 2.15. The van der Waals surface area contributed by atoms with Crippen molar-refractivity contribution in [3.05, 3.63) is 15.6 Å². The third kappa shape index (κ3) is 1.64. The van der Waals surface area contributed by atoms with Gasteiger partial charge in [0, 0.05) is 0 Å². The van der Waals surface area contributed by atoms with Gasteiger partial charge in [-0.25, -0.2) is 4.98 Å². The molecule has 0 aliphatic heterocycles. The molecule has 48 valence electrons. The zero-order valence-corrected chi connectivity index (χ0v) is 6.24. The molecule has 0 fully saturated rings. The molecule has 0 atom stereocenters. The predicted octanol–water partition coefficient (Wildman–Crippen LogP) is 1.83. The average Bonchev–Trinajstić information content (AvgIpc) is 1.80. The zero-order chi connectivity index (χ0) is 6.85. The summed E-state index contributed by atoms with van der Waals surface area (Å²) in [5, 5.41) is 6.81. The molecule has 0 saturated heterocycles. The molecule has 6 heteroatoms. The van der Waals surface area contributed by atoms with E-state index in [2.05, 4.69) is 15.2 Å². The first-order chi connectivity index (χ1) is 4.20. The van der Waals surface area contributed by atoms with Crippen molar-refractivity contribution in [2.75, 3.05) is 0 Å². The second kappa shape index (κ2) is 2.64. The van der Waals surface area contributed by atoms with Crippen LogP contribution >= 0.6 is 34.8 Å². The van der Waals surface area contributed by atoms with Gasteiger partial charge in [-0.3, -0.25) is 0 Å². The van der Waals surface area contributed by atoms with Gasteiger partial charge in [0.1, 0.15) is 0 Å². The molecule has 0 radical (unpaired) electrons. The topological polar surface area (TPSA) is 38.7 Å². The van der Waals surface area contributed by atoms with E-state index in [-0.39, 0.29) is 15.6 Å². The van der Waals surface area contributed by atoms with Crippen LogP contribution in [0.15, 0.2) is 0 Å². The van der Waals surface area contributed by atoms with Crippen LogP contribution in [-0.2, 0) is 0 Å². The van der Waals surface area contributed by atoms with E-state index in [1.54, 1.807) is 0 Å². The molecule has 0 aliphatic carbocycles. The maximum Gasteiger partial charge on any atom is 0.244 e. The van der Waals surface area contributed by atoms with Crippen LogP contribution in [0.25, 0.3) is 0 Å². The second-order valence-corrected chi connectivity index (χ2v) is 2.22. The van der Waals surface area contributed by atoms with Gasteiger partial charge in [-0.2, -0.15) is 0 Å². The van der Waals surface area contributed by atoms with E-state index in [9.17, 15) is 0 Å². The molecule has 0 unspecified atom stereocenters. The SMILES string of the molecule is Clc1nnc(Cl)c(Cl)n1. The lowest BCUT2D eigenvalue weighted by Crippen LogP contribution is -1.87. The number of hydrogen-bond donors (Lipinski definition) is 0. The van der Waals surface area contributed by atoms with Gasteiger partial charge in [0.15, 0.2) is 10.3 Å². The van der Waals surface area contributed by atoms with E-state index in [4.69, 9.17) is 34.8 Å². The molecule has 0 aliphatic rings. The molecule has 9 heavy (non-hydrogen) atoms. The smallest absolute Gasteiger partial charge is 0.201 e. The Morgan fingerprint density at radius 1 is 0.889 bits per heavy atom. The van der Waals surface area contributed by atoms with Crippen LogP contribution in [0.1, 0.15) is 0 Å². The molecule has 1 aromatic rings. The number of aromatic nitrogens is 3. The fourth-order valence-corrected chi connectivity index (χ4v) is 0.639. The van der Waals surface area contributed by atoms with E-state index >= 15 is 0 Å². The molecule has 0 saturated carbocycles. The minimum Gasteiger partial charge on any atom is -0.201 e. The molecule has 0 aromatic carbocycles. The van der Waals surface area contributed by atoms with Gasteiger partial charge in [0.25, 0.3) is 0 Å². The van der Waals surface area contributed by atoms with Crippen molar-refractivity contribution >= 4 is 34.8 Å². The average molecular weight is 184 g/mol. The largest absolute Gasteiger partial charge is 0.244 e. The summed E-state index contributed by atoms with van der Waals surface area (Å²) < 4.78 is 0. The van der Waals surface area contributed by atoms with Gasteiger partial charge in [0.2, 0.25) is 5.28 Å². The molecule has 3 nitrogen and oxygen atoms in total. The Labute approximate surface area is 66.0 Å². The molecule has 0 N–H and O–H groups in total. The summed E-state index contributed by atoms with van der Waals surface area (Å²) in [5.74, 6) is 0. The molecule has 1 rings (SSSR count). The third-order valence-corrected chi connectivity index (χ3v) is 1.36. The summed E-state index contributed by atoms with van der Waals surface area (Å²) in [7, 11) is 0. The number of rotatable bonds is 0. The Morgan fingerprint density at radius 3 is 2.00 bits per heavy atom. The van der Waals surface area contributed by atoms with E-state index in [1.807, 2.05) is 0 Å². The first kappa shape index (κ1) is 6.99. The first-order valence-electron chi connectivity index (χ1n) is 1.91. The van der Waals surface area contributed by atoms with Crippen LogP contribution in [0.2, 0.25) is 15.6 Å². The lowest BCUT2D eigenvalue weighted by atomic mass is 10.9. The molecule has 1 heterocycles. The predicted molar refractivity (Wildman–Crippen MR) is 34.9 cm³/mol. The summed E-state index contributed by atoms with van der Waals surface area (Å²) in [4.78, 5) is 3.50. The molecule has 0 amide bonds. The van der Waals surface area contributed by atoms with E-state index in [0.29, 0.717) is 0 Å². The van der Waals surface area contributed by atoms with Crippen molar-refractivity contribution < 1.29 is 0 Å². The van der Waals surface area contributed by atoms with Crippen molar-refractivity contribution in [1.29, 1.82) is 0 Å². The fourth-order valence-electron chi connectivity index (χ4n) is 0.276. The fraction of sp³-hybridized carbons (Fsp3) is 0. The maximum atomic E-state index is 5.38. The Hall–Kier alpha value is -0.120. The van der Waals surface area contributed by atoms with Gasteiger partial charge >= 0.3 is 0 Å². The maximum absolute atomic E-state index is 5.38. The normalized spacial score (nSPS) is 9.67. The van der Waals surface area contributed by atoms with Crippen LogP contribution < -0.4 is 0 Å². The quantitative estimate of drug-likeness (QED) is 0.617. The summed E-state index contributed by atoms with van der Waals surface area (Å²) >= 11 is 16.0. The first-order valence-corrected chi connectivity index (χ1v) is 3.05. The summed E-state index contributed by atoms with van der Waals surface area (Å²) in [5.41, 5.74) is 0. The minimum absolute atomic E-state index is 0.00981. The van der Waals surface area contributed by atoms with Crippen molar-refractivity contribution in [2.24, 2.45) is 0 Å². The van der Waals surface area contributed by atoms with Crippen LogP contribution in [0, 0.1) is 0 Å². The highest BCUT2D eigenvalue weighted by atomic mass is 35.5. The number of hydrogen-bond acceptors (Lipinski definition) is 3. The van der Waals surface area contributed by atoms with Crippen molar-refractivity contribution in [3.8, 4) is 0 Å². The third-order valence-electron chi connectivity index (χ3n) is 0.581. The Morgan fingerprint density at radius 2 is 1.56 bits per heavy atom. The minimum atomic E-state index is -0.00981. The molecular formula is C3Cl3N3. The Bertz CT molecular complexity index is 226. The molecule has 0 bridgehead atoms. The molecule has 1 aromatic heterocycles. The zero-order valence-electron chi connectivity index (χ0n) is 3.98. The van der Waals surface area contributed by atoms with E-state index in [0.717, 1.165) is 0 Å². The monoisotopic (exact) mass is 183 g/mol. The van der Waals surface area contributed by atoms with Gasteiger partial charge in [-0.15, -0.1) is 10.2 Å². The lowest BCUT2D eigenvalue weighted by molar-refractivity contribution is 0.971. The van der Waals surface area contributed by atoms with Crippen molar-refractivity contribution in [2.45, 2.75) is 0 Å². The van der Waals surface area contributed by atoms with Crippen molar-refractivity contribution in [3.63, 3.8) is 0 Å². The second-order valence-electron chi connectivity index (χ2n) is 1.16. The summed E-state index contributed by atoms with van der Waals surface area (Å²) in [6.45, 7) is 0. The van der Waals surface area contributed by atoms with Crippen LogP contribution in [0.3, 0.4) is 0 Å².